The Balaban J connectivity index is 1.35. The molecule has 0 aromatic heterocycles. The second-order valence-electron chi connectivity index (χ2n) is 8.88. The molecule has 2 atom stereocenters. The molecule has 1 fully saturated rings. The van der Waals surface area contributed by atoms with Crippen molar-refractivity contribution in [3.63, 3.8) is 0 Å². The van der Waals surface area contributed by atoms with Gasteiger partial charge in [-0.2, -0.15) is 13.2 Å². The summed E-state index contributed by atoms with van der Waals surface area (Å²) in [7, 11) is 0. The Morgan fingerprint density at radius 2 is 1.57 bits per heavy atom. The number of carbonyl (C=O) groups is 3. The summed E-state index contributed by atoms with van der Waals surface area (Å²) in [6.07, 6.45) is -4.44. The van der Waals surface area contributed by atoms with Crippen molar-refractivity contribution in [2.24, 2.45) is 11.8 Å². The van der Waals surface area contributed by atoms with E-state index in [2.05, 4.69) is 0 Å². The molecule has 2 amide bonds. The van der Waals surface area contributed by atoms with E-state index in [1.54, 1.807) is 0 Å². The minimum Gasteiger partial charge on any atom is -0.480 e. The first kappa shape index (κ1) is 24.6. The summed E-state index contributed by atoms with van der Waals surface area (Å²) in [6, 6.07) is 13.8. The SMILES string of the molecule is O=C(NCC(C(=O)N[C@@H](CC1CC1)C(=O)O)C(F)(F)F)OCC1c2ccccc2-c2ccccc21. The lowest BCUT2D eigenvalue weighted by atomic mass is 9.98. The van der Waals surface area contributed by atoms with Crippen molar-refractivity contribution in [3.05, 3.63) is 59.7 Å². The zero-order valence-corrected chi connectivity index (χ0v) is 18.7. The Kier molecular flexibility index (Phi) is 7.00. The van der Waals surface area contributed by atoms with Crippen molar-refractivity contribution in [3.8, 4) is 11.1 Å². The van der Waals surface area contributed by atoms with E-state index in [-0.39, 0.29) is 24.9 Å². The molecule has 0 heterocycles. The van der Waals surface area contributed by atoms with Crippen molar-refractivity contribution < 1.29 is 37.4 Å². The van der Waals surface area contributed by atoms with Gasteiger partial charge in [0.05, 0.1) is 0 Å². The summed E-state index contributed by atoms with van der Waals surface area (Å²) in [4.78, 5) is 35.8. The number of ether oxygens (including phenoxy) is 1. The third-order valence-electron chi connectivity index (χ3n) is 6.39. The highest BCUT2D eigenvalue weighted by atomic mass is 19.4. The predicted molar refractivity (Wildman–Crippen MR) is 120 cm³/mol. The number of hydrogen-bond acceptors (Lipinski definition) is 4. The van der Waals surface area contributed by atoms with Gasteiger partial charge in [0.15, 0.2) is 5.92 Å². The number of alkyl halides is 3. The summed E-state index contributed by atoms with van der Waals surface area (Å²) >= 11 is 0. The second kappa shape index (κ2) is 9.97. The van der Waals surface area contributed by atoms with Gasteiger partial charge in [0, 0.05) is 12.5 Å². The number of fused-ring (bicyclic) bond motifs is 3. The topological polar surface area (TPSA) is 105 Å². The number of carboxylic acid groups (broad SMARTS) is 1. The Labute approximate surface area is 199 Å². The molecule has 2 aromatic rings. The number of hydrogen-bond donors (Lipinski definition) is 3. The van der Waals surface area contributed by atoms with Gasteiger partial charge in [0.2, 0.25) is 5.91 Å². The molecule has 1 unspecified atom stereocenters. The zero-order valence-electron chi connectivity index (χ0n) is 18.7. The van der Waals surface area contributed by atoms with Crippen LogP contribution in [0.3, 0.4) is 0 Å². The van der Waals surface area contributed by atoms with E-state index < -0.39 is 42.7 Å². The van der Waals surface area contributed by atoms with Gasteiger partial charge in [0.1, 0.15) is 12.6 Å². The first-order chi connectivity index (χ1) is 16.6. The molecule has 2 aromatic carbocycles. The minimum atomic E-state index is -4.98. The summed E-state index contributed by atoms with van der Waals surface area (Å²) in [5.41, 5.74) is 3.91. The minimum absolute atomic E-state index is 0.0749. The number of carbonyl (C=O) groups excluding carboxylic acids is 2. The van der Waals surface area contributed by atoms with Crippen LogP contribution in [0.5, 0.6) is 0 Å². The monoisotopic (exact) mass is 490 g/mol. The van der Waals surface area contributed by atoms with Crippen LogP contribution in [0.2, 0.25) is 0 Å². The van der Waals surface area contributed by atoms with Crippen LogP contribution in [-0.4, -0.2) is 48.4 Å². The molecule has 0 radical (unpaired) electrons. The third-order valence-corrected chi connectivity index (χ3v) is 6.39. The Hall–Kier alpha value is -3.56. The largest absolute Gasteiger partial charge is 0.480 e. The summed E-state index contributed by atoms with van der Waals surface area (Å²) < 4.78 is 45.7. The van der Waals surface area contributed by atoms with Gasteiger partial charge in [-0.25, -0.2) is 9.59 Å². The molecule has 0 saturated heterocycles. The second-order valence-corrected chi connectivity index (χ2v) is 8.88. The van der Waals surface area contributed by atoms with Gasteiger partial charge in [0.25, 0.3) is 0 Å². The molecular formula is C25H25F3N2O5. The summed E-state index contributed by atoms with van der Waals surface area (Å²) in [5, 5.41) is 13.2. The first-order valence-electron chi connectivity index (χ1n) is 11.3. The van der Waals surface area contributed by atoms with Crippen molar-refractivity contribution in [1.29, 1.82) is 0 Å². The van der Waals surface area contributed by atoms with E-state index in [1.807, 2.05) is 59.2 Å². The van der Waals surface area contributed by atoms with Crippen molar-refractivity contribution in [1.82, 2.24) is 10.6 Å². The van der Waals surface area contributed by atoms with Crippen molar-refractivity contribution >= 4 is 18.0 Å². The Morgan fingerprint density at radius 3 is 2.09 bits per heavy atom. The van der Waals surface area contributed by atoms with Crippen LogP contribution >= 0.6 is 0 Å². The highest BCUT2D eigenvalue weighted by Gasteiger charge is 2.46. The molecule has 186 valence electrons. The molecule has 0 aliphatic heterocycles. The average molecular weight is 490 g/mol. The molecular weight excluding hydrogens is 465 g/mol. The quantitative estimate of drug-likeness (QED) is 0.492. The van der Waals surface area contributed by atoms with Crippen LogP contribution in [0, 0.1) is 11.8 Å². The smallest absolute Gasteiger partial charge is 0.407 e. The van der Waals surface area contributed by atoms with Gasteiger partial charge >= 0.3 is 18.2 Å². The first-order valence-corrected chi connectivity index (χ1v) is 11.3. The van der Waals surface area contributed by atoms with Crippen LogP contribution in [0.25, 0.3) is 11.1 Å². The maximum absolute atomic E-state index is 13.5. The summed E-state index contributed by atoms with van der Waals surface area (Å²) in [6.45, 7) is -1.16. The molecule has 2 aliphatic carbocycles. The van der Waals surface area contributed by atoms with Crippen LogP contribution in [0.4, 0.5) is 18.0 Å². The molecule has 4 rings (SSSR count). The summed E-state index contributed by atoms with van der Waals surface area (Å²) in [5.74, 6) is -5.68. The van der Waals surface area contributed by atoms with E-state index >= 15 is 0 Å². The lowest BCUT2D eigenvalue weighted by Crippen LogP contribution is -2.51. The van der Waals surface area contributed by atoms with Crippen LogP contribution in [0.15, 0.2) is 48.5 Å². The van der Waals surface area contributed by atoms with Crippen LogP contribution in [0.1, 0.15) is 36.3 Å². The predicted octanol–water partition coefficient (Wildman–Crippen LogP) is 4.07. The molecule has 7 nitrogen and oxygen atoms in total. The number of carboxylic acids is 1. The van der Waals surface area contributed by atoms with Crippen LogP contribution in [-0.2, 0) is 14.3 Å². The highest BCUT2D eigenvalue weighted by molar-refractivity contribution is 5.86. The van der Waals surface area contributed by atoms with Crippen LogP contribution < -0.4 is 10.6 Å². The number of aliphatic carboxylic acids is 1. The van der Waals surface area contributed by atoms with E-state index in [1.165, 1.54) is 0 Å². The number of halogens is 3. The maximum Gasteiger partial charge on any atom is 0.407 e. The number of alkyl carbamates (subject to hydrolysis) is 1. The van der Waals surface area contributed by atoms with Gasteiger partial charge < -0.3 is 20.5 Å². The highest BCUT2D eigenvalue weighted by Crippen LogP contribution is 2.44. The Morgan fingerprint density at radius 1 is 1.00 bits per heavy atom. The van der Waals surface area contributed by atoms with Gasteiger partial charge in [-0.1, -0.05) is 61.4 Å². The maximum atomic E-state index is 13.5. The van der Waals surface area contributed by atoms with Gasteiger partial charge in [-0.15, -0.1) is 0 Å². The van der Waals surface area contributed by atoms with E-state index in [9.17, 15) is 32.7 Å². The zero-order chi connectivity index (χ0) is 25.2. The van der Waals surface area contributed by atoms with Gasteiger partial charge in [-0.05, 0) is 34.6 Å². The molecule has 0 bridgehead atoms. The lowest BCUT2D eigenvalue weighted by molar-refractivity contribution is -0.182. The number of rotatable bonds is 9. The van der Waals surface area contributed by atoms with Gasteiger partial charge in [-0.3, -0.25) is 4.79 Å². The Bertz CT molecular complexity index is 1070. The molecule has 2 aliphatic rings. The molecule has 1 saturated carbocycles. The average Bonchev–Trinajstić information content (AvgIpc) is 3.57. The number of benzene rings is 2. The third kappa shape index (κ3) is 5.75. The fourth-order valence-electron chi connectivity index (χ4n) is 4.37. The fourth-order valence-corrected chi connectivity index (χ4v) is 4.37. The van der Waals surface area contributed by atoms with E-state index in [0.717, 1.165) is 35.1 Å². The van der Waals surface area contributed by atoms with E-state index in [0.29, 0.717) is 0 Å². The standard InChI is InChI=1S/C25H25F3N2O5/c26-25(27,28)20(22(31)30-21(23(32)33)11-14-9-10-14)12-29-24(34)35-13-19-17-7-3-1-5-15(17)16-6-2-4-8-18(16)19/h1-8,14,19-21H,9-13H2,(H,29,34)(H,30,31)(H,32,33)/t20?,21-/m0/s1. The van der Waals surface area contributed by atoms with E-state index in [4.69, 9.17) is 4.74 Å². The number of nitrogens with one attached hydrogen (secondary N) is 2. The lowest BCUT2D eigenvalue weighted by Gasteiger charge is -2.23. The molecule has 3 N–H and O–H groups in total. The van der Waals surface area contributed by atoms with Crippen molar-refractivity contribution in [2.45, 2.75) is 37.4 Å². The number of amides is 2. The normalized spacial score (nSPS) is 16.5. The molecule has 10 heteroatoms. The fraction of sp³-hybridized carbons (Fsp3) is 0.400. The molecule has 0 spiro atoms. The van der Waals surface area contributed by atoms with Crippen molar-refractivity contribution in [2.75, 3.05) is 13.2 Å². The molecule has 35 heavy (non-hydrogen) atoms.